The summed E-state index contributed by atoms with van der Waals surface area (Å²) in [5.41, 5.74) is -0.345. The Hall–Kier alpha value is -0.180. The molecule has 83 valence electrons. The van der Waals surface area contributed by atoms with Crippen LogP contribution >= 0.6 is 11.6 Å². The largest absolute Gasteiger partial charge is 0.294 e. The van der Waals surface area contributed by atoms with Gasteiger partial charge in [0.1, 0.15) is 9.92 Å². The molecule has 0 fully saturated rings. The molecule has 0 amide bonds. The van der Waals surface area contributed by atoms with Crippen LogP contribution in [-0.2, 0) is 10.1 Å². The van der Waals surface area contributed by atoms with E-state index in [2.05, 4.69) is 0 Å². The quantitative estimate of drug-likeness (QED) is 0.381. The molecule has 0 aromatic heterocycles. The monoisotopic (exact) mass is 274 g/mol. The Morgan fingerprint density at radius 3 is 2.31 bits per heavy atom. The molecule has 0 aliphatic carbocycles. The minimum Gasteiger partial charge on any atom is -0.282 e. The zero-order valence-electron chi connectivity index (χ0n) is 8.47. The van der Waals surface area contributed by atoms with E-state index in [9.17, 15) is 18.5 Å². The topological polar surface area (TPSA) is 97.5 Å². The molecule has 0 spiro atoms. The Kier molecular flexibility index (Phi) is 5.37. The standard InChI is InChI=1S/C7H6ClNO5S.Na/c1-4-2-5(15(12,13)14)3-6(7(4)8)9(10)11;/h2-3H,1H3,(H,12,13,14);. The molecule has 9 heteroatoms. The van der Waals surface area contributed by atoms with Crippen molar-refractivity contribution in [1.82, 2.24) is 0 Å². The minimum absolute atomic E-state index is 0. The van der Waals surface area contributed by atoms with E-state index in [1.165, 1.54) is 6.92 Å². The fourth-order valence-corrected chi connectivity index (χ4v) is 1.76. The van der Waals surface area contributed by atoms with Gasteiger partial charge in [-0.3, -0.25) is 14.7 Å². The van der Waals surface area contributed by atoms with E-state index >= 15 is 0 Å². The van der Waals surface area contributed by atoms with E-state index in [0.29, 0.717) is 6.07 Å². The van der Waals surface area contributed by atoms with Crippen molar-refractivity contribution in [1.29, 1.82) is 0 Å². The summed E-state index contributed by atoms with van der Waals surface area (Å²) in [6.07, 6.45) is 0. The number of nitro groups is 1. The SMILES string of the molecule is Cc1cc(S(=O)(=O)O)cc([N+](=O)[O-])c1Cl.[Na]. The van der Waals surface area contributed by atoms with Crippen molar-refractivity contribution >= 4 is 57.0 Å². The van der Waals surface area contributed by atoms with E-state index in [1.807, 2.05) is 0 Å². The van der Waals surface area contributed by atoms with Crippen LogP contribution in [0.4, 0.5) is 5.69 Å². The van der Waals surface area contributed by atoms with Gasteiger partial charge in [-0.05, 0) is 18.6 Å². The average Bonchev–Trinajstić information content (AvgIpc) is 2.06. The second-order valence-electron chi connectivity index (χ2n) is 2.81. The molecule has 0 aliphatic rings. The first kappa shape index (κ1) is 15.8. The van der Waals surface area contributed by atoms with Crippen LogP contribution in [0.1, 0.15) is 5.56 Å². The molecule has 0 atom stereocenters. The van der Waals surface area contributed by atoms with E-state index in [1.54, 1.807) is 0 Å². The molecular formula is C7H6ClNNaO5S. The number of rotatable bonds is 2. The van der Waals surface area contributed by atoms with Gasteiger partial charge in [0.25, 0.3) is 15.8 Å². The first-order valence-corrected chi connectivity index (χ1v) is 5.47. The van der Waals surface area contributed by atoms with Crippen LogP contribution in [0.2, 0.25) is 5.02 Å². The van der Waals surface area contributed by atoms with E-state index in [-0.39, 0.29) is 40.1 Å². The van der Waals surface area contributed by atoms with Crippen LogP contribution in [0.3, 0.4) is 0 Å². The van der Waals surface area contributed by atoms with Crippen LogP contribution in [0.25, 0.3) is 0 Å². The van der Waals surface area contributed by atoms with Crippen molar-refractivity contribution in [2.45, 2.75) is 11.8 Å². The van der Waals surface area contributed by atoms with Gasteiger partial charge in [-0.15, -0.1) is 0 Å². The molecular weight excluding hydrogens is 269 g/mol. The van der Waals surface area contributed by atoms with E-state index in [0.717, 1.165) is 6.07 Å². The molecule has 0 heterocycles. The molecule has 0 unspecified atom stereocenters. The van der Waals surface area contributed by atoms with Gasteiger partial charge in [0.15, 0.2) is 0 Å². The third-order valence-corrected chi connectivity index (χ3v) is 3.03. The Balaban J connectivity index is 0.00000225. The van der Waals surface area contributed by atoms with E-state index < -0.39 is 25.6 Å². The van der Waals surface area contributed by atoms with Crippen LogP contribution in [0, 0.1) is 17.0 Å². The fraction of sp³-hybridized carbons (Fsp3) is 0.143. The van der Waals surface area contributed by atoms with Gasteiger partial charge in [-0.1, -0.05) is 11.6 Å². The molecule has 0 saturated heterocycles. The van der Waals surface area contributed by atoms with Crippen molar-refractivity contribution < 1.29 is 17.9 Å². The van der Waals surface area contributed by atoms with Gasteiger partial charge in [0.2, 0.25) is 0 Å². The number of aryl methyl sites for hydroxylation is 1. The molecule has 0 bridgehead atoms. The molecule has 1 N–H and O–H groups in total. The van der Waals surface area contributed by atoms with Gasteiger partial charge in [0.05, 0.1) is 4.92 Å². The number of halogens is 1. The summed E-state index contributed by atoms with van der Waals surface area (Å²) in [6.45, 7) is 1.41. The summed E-state index contributed by atoms with van der Waals surface area (Å²) in [6, 6.07) is 1.77. The molecule has 1 aromatic carbocycles. The van der Waals surface area contributed by atoms with Gasteiger partial charge in [-0.2, -0.15) is 8.42 Å². The summed E-state index contributed by atoms with van der Waals surface area (Å²) in [5, 5.41) is 10.4. The van der Waals surface area contributed by atoms with Gasteiger partial charge < -0.3 is 0 Å². The third kappa shape index (κ3) is 3.41. The summed E-state index contributed by atoms with van der Waals surface area (Å²) >= 11 is 5.59. The van der Waals surface area contributed by atoms with Crippen LogP contribution in [0.15, 0.2) is 17.0 Å². The van der Waals surface area contributed by atoms with Crippen molar-refractivity contribution in [2.24, 2.45) is 0 Å². The maximum Gasteiger partial charge on any atom is 0.294 e. The van der Waals surface area contributed by atoms with Crippen molar-refractivity contribution in [2.75, 3.05) is 0 Å². The number of benzene rings is 1. The number of nitrogens with zero attached hydrogens (tertiary/aromatic N) is 1. The van der Waals surface area contributed by atoms with Gasteiger partial charge in [-0.25, -0.2) is 0 Å². The summed E-state index contributed by atoms with van der Waals surface area (Å²) in [7, 11) is -4.46. The number of hydrogen-bond donors (Lipinski definition) is 1. The average molecular weight is 275 g/mol. The van der Waals surface area contributed by atoms with Crippen LogP contribution in [0.5, 0.6) is 0 Å². The maximum absolute atomic E-state index is 10.8. The smallest absolute Gasteiger partial charge is 0.282 e. The molecule has 1 aromatic rings. The molecule has 0 saturated carbocycles. The Morgan fingerprint density at radius 2 is 1.94 bits per heavy atom. The van der Waals surface area contributed by atoms with Crippen LogP contribution < -0.4 is 0 Å². The van der Waals surface area contributed by atoms with E-state index in [4.69, 9.17) is 16.2 Å². The minimum atomic E-state index is -4.46. The zero-order chi connectivity index (χ0) is 11.8. The molecule has 16 heavy (non-hydrogen) atoms. The molecule has 0 aliphatic heterocycles. The molecule has 6 nitrogen and oxygen atoms in total. The van der Waals surface area contributed by atoms with Crippen molar-refractivity contribution in [3.63, 3.8) is 0 Å². The van der Waals surface area contributed by atoms with Crippen LogP contribution in [-0.4, -0.2) is 47.5 Å². The van der Waals surface area contributed by atoms with Crippen molar-refractivity contribution in [3.05, 3.63) is 32.8 Å². The zero-order valence-corrected chi connectivity index (χ0v) is 12.0. The molecule has 1 rings (SSSR count). The first-order valence-electron chi connectivity index (χ1n) is 3.65. The predicted octanol–water partition coefficient (Wildman–Crippen LogP) is 1.42. The second kappa shape index (κ2) is 5.44. The predicted molar refractivity (Wildman–Crippen MR) is 58.4 cm³/mol. The maximum atomic E-state index is 10.8. The summed E-state index contributed by atoms with van der Waals surface area (Å²) in [4.78, 5) is 9.14. The third-order valence-electron chi connectivity index (χ3n) is 1.70. The summed E-state index contributed by atoms with van der Waals surface area (Å²) in [5.74, 6) is 0. The summed E-state index contributed by atoms with van der Waals surface area (Å²) < 4.78 is 30.2. The fourth-order valence-electron chi connectivity index (χ4n) is 1.00. The Bertz CT molecular complexity index is 530. The molecule has 1 radical (unpaired) electrons. The normalized spacial score (nSPS) is 10.7. The van der Waals surface area contributed by atoms with Gasteiger partial charge >= 0.3 is 0 Å². The number of nitro benzene ring substituents is 1. The van der Waals surface area contributed by atoms with Crippen molar-refractivity contribution in [3.8, 4) is 0 Å². The van der Waals surface area contributed by atoms with Gasteiger partial charge in [0, 0.05) is 35.6 Å². The number of hydrogen-bond acceptors (Lipinski definition) is 4. The Labute approximate surface area is 119 Å². The Morgan fingerprint density at radius 1 is 1.44 bits per heavy atom. The first-order chi connectivity index (χ1) is 6.73. The second-order valence-corrected chi connectivity index (χ2v) is 4.60.